The molecule has 1 aromatic carbocycles. The third kappa shape index (κ3) is 4.13. The highest BCUT2D eigenvalue weighted by Gasteiger charge is 2.21. The van der Waals surface area contributed by atoms with Gasteiger partial charge in [-0.1, -0.05) is 13.5 Å². The average Bonchev–Trinajstić information content (AvgIpc) is 3.28. The Balaban J connectivity index is 0.00000196. The molecule has 2 aliphatic heterocycles. The minimum Gasteiger partial charge on any atom is -0.448 e. The average molecular weight is 376 g/mol. The van der Waals surface area contributed by atoms with Crippen molar-refractivity contribution < 1.29 is 9.53 Å². The summed E-state index contributed by atoms with van der Waals surface area (Å²) in [5.41, 5.74) is 1.38. The molecule has 0 unspecified atom stereocenters. The molecule has 3 heterocycles. The predicted octanol–water partition coefficient (Wildman–Crippen LogP) is 3.89. The van der Waals surface area contributed by atoms with Crippen molar-refractivity contribution in [1.29, 1.82) is 0 Å². The SMILES string of the molecule is C.O=C1OCCN1CCCCN1CCN(c2cccc3sccc23)CC1. The first-order valence-corrected chi connectivity index (χ1v) is 10.0. The second-order valence-electron chi connectivity index (χ2n) is 6.75. The molecule has 0 radical (unpaired) electrons. The second kappa shape index (κ2) is 8.73. The summed E-state index contributed by atoms with van der Waals surface area (Å²) < 4.78 is 6.34. The van der Waals surface area contributed by atoms with Crippen LogP contribution in [-0.4, -0.2) is 68.3 Å². The Labute approximate surface area is 160 Å². The lowest BCUT2D eigenvalue weighted by atomic mass is 10.1. The molecule has 0 saturated carbocycles. The van der Waals surface area contributed by atoms with Gasteiger partial charge in [0.05, 0.1) is 6.54 Å². The predicted molar refractivity (Wildman–Crippen MR) is 109 cm³/mol. The zero-order valence-electron chi connectivity index (χ0n) is 14.5. The van der Waals surface area contributed by atoms with Crippen LogP contribution >= 0.6 is 11.3 Å². The van der Waals surface area contributed by atoms with E-state index >= 15 is 0 Å². The maximum absolute atomic E-state index is 11.4. The number of amides is 1. The number of anilines is 1. The van der Waals surface area contributed by atoms with Gasteiger partial charge >= 0.3 is 6.09 Å². The van der Waals surface area contributed by atoms with Crippen LogP contribution in [0.1, 0.15) is 20.3 Å². The van der Waals surface area contributed by atoms with E-state index in [2.05, 4.69) is 39.4 Å². The van der Waals surface area contributed by atoms with Gasteiger partial charge in [0, 0.05) is 48.5 Å². The molecule has 1 amide bonds. The number of cyclic esters (lactones) is 1. The van der Waals surface area contributed by atoms with Crippen LogP contribution in [0.15, 0.2) is 29.6 Å². The van der Waals surface area contributed by atoms with Crippen LogP contribution in [0.25, 0.3) is 10.1 Å². The number of ether oxygens (including phenoxy) is 1. The summed E-state index contributed by atoms with van der Waals surface area (Å²) in [6, 6.07) is 8.87. The van der Waals surface area contributed by atoms with E-state index in [9.17, 15) is 4.79 Å². The fourth-order valence-electron chi connectivity index (χ4n) is 3.73. The van der Waals surface area contributed by atoms with Crippen LogP contribution in [0.5, 0.6) is 0 Å². The lowest BCUT2D eigenvalue weighted by molar-refractivity contribution is 0.157. The molecule has 0 N–H and O–H groups in total. The van der Waals surface area contributed by atoms with Crippen molar-refractivity contribution in [2.75, 3.05) is 57.3 Å². The molecule has 2 aliphatic rings. The molecule has 2 saturated heterocycles. The number of carbonyl (C=O) groups is 1. The van der Waals surface area contributed by atoms with Gasteiger partial charge in [-0.3, -0.25) is 4.90 Å². The van der Waals surface area contributed by atoms with Crippen molar-refractivity contribution in [1.82, 2.24) is 9.80 Å². The van der Waals surface area contributed by atoms with Crippen LogP contribution in [0.3, 0.4) is 0 Å². The Morgan fingerprint density at radius 1 is 1.00 bits per heavy atom. The van der Waals surface area contributed by atoms with E-state index in [1.54, 1.807) is 0 Å². The molecule has 5 nitrogen and oxygen atoms in total. The third-order valence-electron chi connectivity index (χ3n) is 5.18. The number of carbonyl (C=O) groups excluding carboxylic acids is 1. The smallest absolute Gasteiger partial charge is 0.409 e. The topological polar surface area (TPSA) is 36.0 Å². The molecule has 142 valence electrons. The molecule has 4 rings (SSSR count). The number of thiophene rings is 1. The number of unbranched alkanes of at least 4 members (excludes halogenated alkanes) is 1. The summed E-state index contributed by atoms with van der Waals surface area (Å²) in [6.45, 7) is 7.68. The fourth-order valence-corrected chi connectivity index (χ4v) is 4.54. The molecule has 0 bridgehead atoms. The Morgan fingerprint density at radius 3 is 2.58 bits per heavy atom. The van der Waals surface area contributed by atoms with Crippen molar-refractivity contribution >= 4 is 33.2 Å². The van der Waals surface area contributed by atoms with Crippen molar-refractivity contribution in [3.8, 4) is 0 Å². The van der Waals surface area contributed by atoms with Crippen LogP contribution in [-0.2, 0) is 4.74 Å². The van der Waals surface area contributed by atoms with E-state index in [0.717, 1.165) is 58.7 Å². The van der Waals surface area contributed by atoms with Gasteiger partial charge in [-0.15, -0.1) is 11.3 Å². The van der Waals surface area contributed by atoms with E-state index in [1.807, 2.05) is 16.2 Å². The highest BCUT2D eigenvalue weighted by Crippen LogP contribution is 2.31. The minimum absolute atomic E-state index is 0. The summed E-state index contributed by atoms with van der Waals surface area (Å²) in [5, 5.41) is 3.57. The molecule has 0 atom stereocenters. The second-order valence-corrected chi connectivity index (χ2v) is 7.69. The van der Waals surface area contributed by atoms with Crippen molar-refractivity contribution in [2.45, 2.75) is 20.3 Å². The zero-order chi connectivity index (χ0) is 17.1. The highest BCUT2D eigenvalue weighted by atomic mass is 32.1. The highest BCUT2D eigenvalue weighted by molar-refractivity contribution is 7.17. The number of fused-ring (bicyclic) bond motifs is 1. The minimum atomic E-state index is -0.142. The van der Waals surface area contributed by atoms with Crippen molar-refractivity contribution in [2.24, 2.45) is 0 Å². The van der Waals surface area contributed by atoms with Crippen LogP contribution in [0, 0.1) is 0 Å². The number of piperazine rings is 1. The molecular weight excluding hydrogens is 346 g/mol. The first kappa shape index (κ1) is 19.0. The Bertz CT molecular complexity index is 725. The monoisotopic (exact) mass is 375 g/mol. The number of rotatable bonds is 6. The van der Waals surface area contributed by atoms with Gasteiger partial charge < -0.3 is 14.5 Å². The largest absolute Gasteiger partial charge is 0.448 e. The molecule has 0 aliphatic carbocycles. The summed E-state index contributed by atoms with van der Waals surface area (Å²) in [7, 11) is 0. The van der Waals surface area contributed by atoms with Gasteiger partial charge in [0.1, 0.15) is 6.61 Å². The Kier molecular flexibility index (Phi) is 6.38. The van der Waals surface area contributed by atoms with Gasteiger partial charge in [0.2, 0.25) is 0 Å². The first-order chi connectivity index (χ1) is 12.3. The van der Waals surface area contributed by atoms with Crippen molar-refractivity contribution in [3.63, 3.8) is 0 Å². The quantitative estimate of drug-likeness (QED) is 0.718. The van der Waals surface area contributed by atoms with E-state index in [1.165, 1.54) is 15.8 Å². The number of nitrogens with zero attached hydrogens (tertiary/aromatic N) is 3. The van der Waals surface area contributed by atoms with E-state index in [4.69, 9.17) is 4.74 Å². The Hall–Kier alpha value is -1.79. The fraction of sp³-hybridized carbons (Fsp3) is 0.550. The third-order valence-corrected chi connectivity index (χ3v) is 6.07. The maximum atomic E-state index is 11.4. The first-order valence-electron chi connectivity index (χ1n) is 9.16. The molecule has 26 heavy (non-hydrogen) atoms. The van der Waals surface area contributed by atoms with Crippen LogP contribution in [0.4, 0.5) is 10.5 Å². The van der Waals surface area contributed by atoms with E-state index in [0.29, 0.717) is 6.61 Å². The van der Waals surface area contributed by atoms with Crippen LogP contribution in [0.2, 0.25) is 0 Å². The summed E-state index contributed by atoms with van der Waals surface area (Å²) in [6.07, 6.45) is 2.06. The summed E-state index contributed by atoms with van der Waals surface area (Å²) in [5.74, 6) is 0. The summed E-state index contributed by atoms with van der Waals surface area (Å²) in [4.78, 5) is 18.3. The molecule has 2 aromatic rings. The standard InChI is InChI=1S/C19H25N3O2S.CH4/c23-19-22(13-14-24-19)8-2-1-7-20-9-11-21(12-10-20)17-4-3-5-18-16(17)6-15-25-18;/h3-6,15H,1-2,7-14H2;1H4. The normalized spacial score (nSPS) is 18.2. The Morgan fingerprint density at radius 2 is 1.81 bits per heavy atom. The van der Waals surface area contributed by atoms with Gasteiger partial charge in [0.25, 0.3) is 0 Å². The number of benzene rings is 1. The molecule has 1 aromatic heterocycles. The number of hydrogen-bond acceptors (Lipinski definition) is 5. The molecule has 0 spiro atoms. The lowest BCUT2D eigenvalue weighted by Crippen LogP contribution is -2.46. The van der Waals surface area contributed by atoms with E-state index in [-0.39, 0.29) is 13.5 Å². The van der Waals surface area contributed by atoms with E-state index < -0.39 is 0 Å². The van der Waals surface area contributed by atoms with Gasteiger partial charge in [-0.05, 0) is 43.0 Å². The molecule has 2 fully saturated rings. The van der Waals surface area contributed by atoms with Gasteiger partial charge in [0.15, 0.2) is 0 Å². The van der Waals surface area contributed by atoms with Crippen LogP contribution < -0.4 is 4.90 Å². The molecular formula is C20H29N3O2S. The lowest BCUT2D eigenvalue weighted by Gasteiger charge is -2.36. The number of hydrogen-bond donors (Lipinski definition) is 0. The maximum Gasteiger partial charge on any atom is 0.409 e. The van der Waals surface area contributed by atoms with Gasteiger partial charge in [-0.2, -0.15) is 0 Å². The van der Waals surface area contributed by atoms with Gasteiger partial charge in [-0.25, -0.2) is 4.79 Å². The van der Waals surface area contributed by atoms with Crippen molar-refractivity contribution in [3.05, 3.63) is 29.6 Å². The zero-order valence-corrected chi connectivity index (χ0v) is 15.3. The molecule has 6 heteroatoms. The summed E-state index contributed by atoms with van der Waals surface area (Å²) >= 11 is 1.82.